The molecular weight excluding hydrogens is 222 g/mol. The molecule has 0 spiro atoms. The monoisotopic (exact) mass is 235 g/mol. The van der Waals surface area contributed by atoms with Crippen molar-refractivity contribution in [2.24, 2.45) is 0 Å². The Hall–Kier alpha value is -1.42. The highest BCUT2D eigenvalue weighted by molar-refractivity contribution is 7.16. The maximum atomic E-state index is 11.7. The van der Waals surface area contributed by atoms with Gasteiger partial charge in [0.05, 0.1) is 16.8 Å². The maximum absolute atomic E-state index is 11.7. The van der Waals surface area contributed by atoms with Gasteiger partial charge in [-0.25, -0.2) is 0 Å². The van der Waals surface area contributed by atoms with Crippen LogP contribution in [0.25, 0.3) is 10.2 Å². The summed E-state index contributed by atoms with van der Waals surface area (Å²) in [6.45, 7) is 5.70. The van der Waals surface area contributed by atoms with Crippen molar-refractivity contribution in [3.63, 3.8) is 0 Å². The normalized spacial score (nSPS) is 10.9. The lowest BCUT2D eigenvalue weighted by atomic mass is 10.1. The fourth-order valence-electron chi connectivity index (χ4n) is 1.69. The van der Waals surface area contributed by atoms with E-state index in [4.69, 9.17) is 0 Å². The van der Waals surface area contributed by atoms with E-state index >= 15 is 0 Å². The van der Waals surface area contributed by atoms with E-state index in [2.05, 4.69) is 0 Å². The highest BCUT2D eigenvalue weighted by atomic mass is 32.1. The number of hydrogen-bond donors (Lipinski definition) is 0. The van der Waals surface area contributed by atoms with Crippen LogP contribution in [0.3, 0.4) is 0 Å². The van der Waals surface area contributed by atoms with Crippen LogP contribution in [0.2, 0.25) is 0 Å². The van der Waals surface area contributed by atoms with Gasteiger partial charge in [0.2, 0.25) is 0 Å². The zero-order valence-electron chi connectivity index (χ0n) is 9.53. The van der Waals surface area contributed by atoms with E-state index < -0.39 is 0 Å². The molecule has 0 aliphatic heterocycles. The van der Waals surface area contributed by atoms with Crippen LogP contribution in [0.4, 0.5) is 0 Å². The zero-order chi connectivity index (χ0) is 11.9. The van der Waals surface area contributed by atoms with Crippen LogP contribution in [0, 0.1) is 13.8 Å². The van der Waals surface area contributed by atoms with E-state index in [1.807, 2.05) is 26.0 Å². The largest absolute Gasteiger partial charge is 0.308 e. The summed E-state index contributed by atoms with van der Waals surface area (Å²) in [7, 11) is 0. The molecule has 1 aromatic carbocycles. The number of carbonyl (C=O) groups excluding carboxylic acids is 1. The van der Waals surface area contributed by atoms with Gasteiger partial charge in [-0.1, -0.05) is 11.3 Å². The molecule has 0 N–H and O–H groups in total. The Kier molecular flexibility index (Phi) is 2.68. The molecule has 1 heterocycles. The number of rotatable bonds is 2. The molecule has 0 bridgehead atoms. The molecule has 0 fully saturated rings. The van der Waals surface area contributed by atoms with Gasteiger partial charge in [0.15, 0.2) is 0 Å². The minimum atomic E-state index is -0.0600. The number of benzene rings is 1. The van der Waals surface area contributed by atoms with Crippen molar-refractivity contribution in [3.8, 4) is 0 Å². The molecule has 0 saturated carbocycles. The minimum absolute atomic E-state index is 0.0000260. The zero-order valence-corrected chi connectivity index (χ0v) is 10.4. The highest BCUT2D eigenvalue weighted by Gasteiger charge is 2.10. The van der Waals surface area contributed by atoms with E-state index in [1.165, 1.54) is 23.8 Å². The molecule has 0 saturated heterocycles. The second kappa shape index (κ2) is 3.87. The Balaban J connectivity index is 2.74. The van der Waals surface area contributed by atoms with Gasteiger partial charge in [-0.15, -0.1) is 0 Å². The van der Waals surface area contributed by atoms with E-state index in [1.54, 1.807) is 4.57 Å². The van der Waals surface area contributed by atoms with Crippen LogP contribution in [0.5, 0.6) is 0 Å². The molecule has 0 radical (unpaired) electrons. The quantitative estimate of drug-likeness (QED) is 0.801. The van der Waals surface area contributed by atoms with Crippen LogP contribution in [0.1, 0.15) is 18.1 Å². The second-order valence-corrected chi connectivity index (χ2v) is 5.05. The Morgan fingerprint density at radius 3 is 2.56 bits per heavy atom. The van der Waals surface area contributed by atoms with E-state index in [-0.39, 0.29) is 17.2 Å². The number of Topliss-reactive ketones (excluding diaryl/α,β-unsaturated/α-hetero) is 1. The molecule has 84 valence electrons. The summed E-state index contributed by atoms with van der Waals surface area (Å²) in [5.41, 5.74) is 3.18. The summed E-state index contributed by atoms with van der Waals surface area (Å²) < 4.78 is 2.50. The summed E-state index contributed by atoms with van der Waals surface area (Å²) in [5, 5.41) is 0. The third kappa shape index (κ3) is 1.80. The number of fused-ring (bicyclic) bond motifs is 1. The van der Waals surface area contributed by atoms with Crippen molar-refractivity contribution in [1.82, 2.24) is 4.57 Å². The van der Waals surface area contributed by atoms with Crippen LogP contribution < -0.4 is 4.87 Å². The van der Waals surface area contributed by atoms with Crippen molar-refractivity contribution < 1.29 is 4.79 Å². The number of aryl methyl sites for hydroxylation is 2. The van der Waals surface area contributed by atoms with Gasteiger partial charge < -0.3 is 0 Å². The first-order valence-corrected chi connectivity index (χ1v) is 5.90. The van der Waals surface area contributed by atoms with Crippen molar-refractivity contribution in [1.29, 1.82) is 0 Å². The molecule has 4 heteroatoms. The fraction of sp³-hybridized carbons (Fsp3) is 0.333. The summed E-state index contributed by atoms with van der Waals surface area (Å²) in [4.78, 5) is 22.8. The SMILES string of the molecule is CC(=O)Cn1c(=O)sc2cc(C)c(C)cc21. The first-order chi connectivity index (χ1) is 7.49. The molecule has 16 heavy (non-hydrogen) atoms. The highest BCUT2D eigenvalue weighted by Crippen LogP contribution is 2.21. The van der Waals surface area contributed by atoms with Crippen molar-refractivity contribution >= 4 is 27.3 Å². The molecule has 0 aliphatic rings. The predicted molar refractivity (Wildman–Crippen MR) is 66.2 cm³/mol. The molecular formula is C12H13NO2S. The van der Waals surface area contributed by atoms with E-state index in [0.29, 0.717) is 0 Å². The number of carbonyl (C=O) groups is 1. The summed E-state index contributed by atoms with van der Waals surface area (Å²) >= 11 is 1.20. The van der Waals surface area contributed by atoms with Crippen molar-refractivity contribution in [3.05, 3.63) is 32.9 Å². The first-order valence-electron chi connectivity index (χ1n) is 5.09. The molecule has 0 amide bonds. The van der Waals surface area contributed by atoms with Crippen LogP contribution in [-0.4, -0.2) is 10.4 Å². The lowest BCUT2D eigenvalue weighted by Crippen LogP contribution is -2.17. The van der Waals surface area contributed by atoms with E-state index in [0.717, 1.165) is 15.8 Å². The molecule has 0 unspecified atom stereocenters. The van der Waals surface area contributed by atoms with Gasteiger partial charge in [-0.2, -0.15) is 0 Å². The second-order valence-electron chi connectivity index (χ2n) is 4.06. The van der Waals surface area contributed by atoms with Gasteiger partial charge >= 0.3 is 4.87 Å². The standard InChI is InChI=1S/C12H13NO2S/c1-7-4-10-11(5-8(7)2)16-12(15)13(10)6-9(3)14/h4-5H,6H2,1-3H3. The fourth-order valence-corrected chi connectivity index (χ4v) is 2.66. The third-order valence-corrected chi connectivity index (χ3v) is 3.61. The van der Waals surface area contributed by atoms with Gasteiger partial charge in [0.25, 0.3) is 0 Å². The average Bonchev–Trinajstić information content (AvgIpc) is 2.45. The minimum Gasteiger partial charge on any atom is -0.298 e. The number of ketones is 1. The maximum Gasteiger partial charge on any atom is 0.308 e. The van der Waals surface area contributed by atoms with Gasteiger partial charge in [0, 0.05) is 0 Å². The van der Waals surface area contributed by atoms with Gasteiger partial charge in [-0.05, 0) is 44.0 Å². The molecule has 2 aromatic rings. The number of hydrogen-bond acceptors (Lipinski definition) is 3. The first kappa shape index (κ1) is 11.1. The predicted octanol–water partition coefficient (Wildman–Crippen LogP) is 2.27. The molecule has 2 rings (SSSR count). The lowest BCUT2D eigenvalue weighted by molar-refractivity contribution is -0.117. The average molecular weight is 235 g/mol. The topological polar surface area (TPSA) is 39.1 Å². The number of thiazole rings is 1. The smallest absolute Gasteiger partial charge is 0.298 e. The Morgan fingerprint density at radius 2 is 1.94 bits per heavy atom. The lowest BCUT2D eigenvalue weighted by Gasteiger charge is -2.03. The summed E-state index contributed by atoms with van der Waals surface area (Å²) in [5.74, 6) is 0.0000260. The summed E-state index contributed by atoms with van der Waals surface area (Å²) in [6, 6.07) is 3.98. The molecule has 1 aromatic heterocycles. The van der Waals surface area contributed by atoms with Gasteiger partial charge in [0.1, 0.15) is 5.78 Å². The van der Waals surface area contributed by atoms with Crippen LogP contribution in [0.15, 0.2) is 16.9 Å². The van der Waals surface area contributed by atoms with Crippen LogP contribution >= 0.6 is 11.3 Å². The molecule has 0 atom stereocenters. The Morgan fingerprint density at radius 1 is 1.31 bits per heavy atom. The van der Waals surface area contributed by atoms with Crippen LogP contribution in [-0.2, 0) is 11.3 Å². The molecule has 3 nitrogen and oxygen atoms in total. The van der Waals surface area contributed by atoms with Gasteiger partial charge in [-0.3, -0.25) is 14.2 Å². The summed E-state index contributed by atoms with van der Waals surface area (Å²) in [6.07, 6.45) is 0. The Labute approximate surface area is 97.3 Å². The van der Waals surface area contributed by atoms with Crippen molar-refractivity contribution in [2.45, 2.75) is 27.3 Å². The van der Waals surface area contributed by atoms with E-state index in [9.17, 15) is 9.59 Å². The Bertz CT molecular complexity index is 622. The number of aromatic nitrogens is 1. The molecule has 0 aliphatic carbocycles. The number of nitrogens with zero attached hydrogens (tertiary/aromatic N) is 1. The third-order valence-electron chi connectivity index (χ3n) is 2.66. The van der Waals surface area contributed by atoms with Crippen molar-refractivity contribution in [2.75, 3.05) is 0 Å².